The molecule has 3 aromatic rings. The molecule has 0 aliphatic carbocycles. The quantitative estimate of drug-likeness (QED) is 0.678. The van der Waals surface area contributed by atoms with Crippen molar-refractivity contribution in [3.63, 3.8) is 0 Å². The third-order valence-corrected chi connectivity index (χ3v) is 4.38. The normalized spacial score (nSPS) is 12.9. The summed E-state index contributed by atoms with van der Waals surface area (Å²) in [7, 11) is 0. The topological polar surface area (TPSA) is 26.0 Å². The third-order valence-electron chi connectivity index (χ3n) is 3.97. The fourth-order valence-electron chi connectivity index (χ4n) is 2.79. The highest BCUT2D eigenvalue weighted by molar-refractivity contribution is 6.41. The van der Waals surface area contributed by atoms with E-state index < -0.39 is 0 Å². The van der Waals surface area contributed by atoms with Gasteiger partial charge in [0.25, 0.3) is 0 Å². The number of halogens is 1. The Hall–Kier alpha value is -1.57. The smallest absolute Gasteiger partial charge is 0.0562 e. The van der Waals surface area contributed by atoms with Gasteiger partial charge in [0.15, 0.2) is 0 Å². The molecule has 3 aromatic carbocycles. The molecule has 0 aliphatic heterocycles. The van der Waals surface area contributed by atoms with Crippen LogP contribution in [0.15, 0.2) is 48.5 Å². The Bertz CT molecular complexity index is 707. The summed E-state index contributed by atoms with van der Waals surface area (Å²) >= 11 is 6.59. The highest BCUT2D eigenvalue weighted by atomic mass is 35.5. The van der Waals surface area contributed by atoms with Gasteiger partial charge in [-0.25, -0.2) is 0 Å². The van der Waals surface area contributed by atoms with Crippen molar-refractivity contribution in [2.45, 2.75) is 25.8 Å². The van der Waals surface area contributed by atoms with E-state index in [0.717, 1.165) is 28.6 Å². The third kappa shape index (κ3) is 2.17. The first-order valence-electron chi connectivity index (χ1n) is 7.05. The highest BCUT2D eigenvalue weighted by Gasteiger charge is 2.13. The maximum atomic E-state index is 6.59. The standard InChI is InChI=1S/C18H18ClN/c1-2-12(20)11-17-13-7-3-5-9-15(13)18(19)16-10-6-4-8-14(16)17/h3-10,12H,2,11,20H2,1H3. The first-order chi connectivity index (χ1) is 9.72. The molecule has 0 aliphatic rings. The Morgan fingerprint density at radius 2 is 1.35 bits per heavy atom. The summed E-state index contributed by atoms with van der Waals surface area (Å²) in [6, 6.07) is 16.8. The molecule has 0 amide bonds. The summed E-state index contributed by atoms with van der Waals surface area (Å²) in [4.78, 5) is 0. The molecule has 1 nitrogen and oxygen atoms in total. The predicted octanol–water partition coefficient (Wildman–Crippen LogP) is 4.93. The SMILES string of the molecule is CCC(N)Cc1c2ccccc2c(Cl)c2ccccc12. The molecule has 3 rings (SSSR count). The number of hydrogen-bond acceptors (Lipinski definition) is 1. The molecule has 20 heavy (non-hydrogen) atoms. The molecule has 0 heterocycles. The number of nitrogens with two attached hydrogens (primary N) is 1. The minimum absolute atomic E-state index is 0.183. The molecule has 1 unspecified atom stereocenters. The van der Waals surface area contributed by atoms with Crippen molar-refractivity contribution in [1.82, 2.24) is 0 Å². The van der Waals surface area contributed by atoms with Crippen molar-refractivity contribution in [3.8, 4) is 0 Å². The molecule has 0 bridgehead atoms. The number of fused-ring (bicyclic) bond motifs is 2. The summed E-state index contributed by atoms with van der Waals surface area (Å²) < 4.78 is 0. The summed E-state index contributed by atoms with van der Waals surface area (Å²) in [5.41, 5.74) is 7.51. The minimum atomic E-state index is 0.183. The molecular weight excluding hydrogens is 266 g/mol. The molecule has 0 saturated carbocycles. The fraction of sp³-hybridized carbons (Fsp3) is 0.222. The minimum Gasteiger partial charge on any atom is -0.327 e. The van der Waals surface area contributed by atoms with E-state index in [1.807, 2.05) is 12.1 Å². The van der Waals surface area contributed by atoms with Crippen LogP contribution >= 0.6 is 11.6 Å². The van der Waals surface area contributed by atoms with Gasteiger partial charge in [0.05, 0.1) is 5.02 Å². The lowest BCUT2D eigenvalue weighted by Gasteiger charge is -2.16. The molecular formula is C18H18ClN. The second kappa shape index (κ2) is 5.43. The van der Waals surface area contributed by atoms with Gasteiger partial charge < -0.3 is 5.73 Å². The molecule has 0 aromatic heterocycles. The van der Waals surface area contributed by atoms with Gasteiger partial charge in [-0.2, -0.15) is 0 Å². The van der Waals surface area contributed by atoms with Gasteiger partial charge >= 0.3 is 0 Å². The lowest BCUT2D eigenvalue weighted by atomic mass is 9.92. The average Bonchev–Trinajstić information content (AvgIpc) is 2.51. The molecule has 1 atom stereocenters. The van der Waals surface area contributed by atoms with Gasteiger partial charge in [-0.05, 0) is 29.2 Å². The van der Waals surface area contributed by atoms with Crippen molar-refractivity contribution in [1.29, 1.82) is 0 Å². The maximum Gasteiger partial charge on any atom is 0.0562 e. The largest absolute Gasteiger partial charge is 0.327 e. The Morgan fingerprint density at radius 1 is 0.900 bits per heavy atom. The Labute approximate surface area is 124 Å². The van der Waals surface area contributed by atoms with Crippen molar-refractivity contribution < 1.29 is 0 Å². The second-order valence-electron chi connectivity index (χ2n) is 5.26. The van der Waals surface area contributed by atoms with Crippen molar-refractivity contribution in [2.24, 2.45) is 5.73 Å². The van der Waals surface area contributed by atoms with Gasteiger partial charge in [-0.3, -0.25) is 0 Å². The zero-order valence-corrected chi connectivity index (χ0v) is 12.3. The molecule has 0 spiro atoms. The zero-order valence-electron chi connectivity index (χ0n) is 11.6. The maximum absolute atomic E-state index is 6.59. The van der Waals surface area contributed by atoms with E-state index >= 15 is 0 Å². The molecule has 0 fully saturated rings. The van der Waals surface area contributed by atoms with Crippen LogP contribution in [0.3, 0.4) is 0 Å². The van der Waals surface area contributed by atoms with Crippen LogP contribution in [0.1, 0.15) is 18.9 Å². The zero-order chi connectivity index (χ0) is 14.1. The molecule has 102 valence electrons. The molecule has 0 radical (unpaired) electrons. The first-order valence-corrected chi connectivity index (χ1v) is 7.43. The van der Waals surface area contributed by atoms with Crippen LogP contribution in [0.25, 0.3) is 21.5 Å². The van der Waals surface area contributed by atoms with Crippen LogP contribution < -0.4 is 5.73 Å². The van der Waals surface area contributed by atoms with Gasteiger partial charge in [-0.15, -0.1) is 0 Å². The van der Waals surface area contributed by atoms with Crippen LogP contribution in [0, 0.1) is 0 Å². The summed E-state index contributed by atoms with van der Waals surface area (Å²) in [5, 5.41) is 5.52. The number of rotatable bonds is 3. The Balaban J connectivity index is 2.40. The summed E-state index contributed by atoms with van der Waals surface area (Å²) in [5.74, 6) is 0. The Morgan fingerprint density at radius 3 is 1.80 bits per heavy atom. The van der Waals surface area contributed by atoms with Crippen LogP contribution in [0.5, 0.6) is 0 Å². The van der Waals surface area contributed by atoms with Crippen molar-refractivity contribution >= 4 is 33.1 Å². The van der Waals surface area contributed by atoms with Gasteiger partial charge in [0, 0.05) is 16.8 Å². The van der Waals surface area contributed by atoms with Crippen LogP contribution in [-0.4, -0.2) is 6.04 Å². The molecule has 2 N–H and O–H groups in total. The van der Waals surface area contributed by atoms with E-state index in [-0.39, 0.29) is 6.04 Å². The van der Waals surface area contributed by atoms with E-state index in [4.69, 9.17) is 17.3 Å². The first kappa shape index (κ1) is 13.4. The van der Waals surface area contributed by atoms with Crippen LogP contribution in [0.2, 0.25) is 5.02 Å². The van der Waals surface area contributed by atoms with E-state index in [9.17, 15) is 0 Å². The summed E-state index contributed by atoms with van der Waals surface area (Å²) in [6.45, 7) is 2.13. The predicted molar refractivity (Wildman–Crippen MR) is 88.4 cm³/mol. The van der Waals surface area contributed by atoms with Gasteiger partial charge in [-0.1, -0.05) is 67.1 Å². The number of benzene rings is 3. The van der Waals surface area contributed by atoms with Crippen LogP contribution in [0.4, 0.5) is 0 Å². The van der Waals surface area contributed by atoms with E-state index in [0.29, 0.717) is 0 Å². The Kier molecular flexibility index (Phi) is 3.64. The van der Waals surface area contributed by atoms with E-state index in [1.165, 1.54) is 16.3 Å². The van der Waals surface area contributed by atoms with E-state index in [2.05, 4.69) is 43.3 Å². The van der Waals surface area contributed by atoms with E-state index in [1.54, 1.807) is 0 Å². The summed E-state index contributed by atoms with van der Waals surface area (Å²) in [6.07, 6.45) is 1.86. The molecule has 2 heteroatoms. The van der Waals surface area contributed by atoms with Gasteiger partial charge in [0.2, 0.25) is 0 Å². The lowest BCUT2D eigenvalue weighted by molar-refractivity contribution is 0.651. The van der Waals surface area contributed by atoms with Crippen molar-refractivity contribution in [2.75, 3.05) is 0 Å². The highest BCUT2D eigenvalue weighted by Crippen LogP contribution is 2.36. The second-order valence-corrected chi connectivity index (χ2v) is 5.63. The van der Waals surface area contributed by atoms with Gasteiger partial charge in [0.1, 0.15) is 0 Å². The number of hydrogen-bond donors (Lipinski definition) is 1. The fourth-order valence-corrected chi connectivity index (χ4v) is 3.12. The monoisotopic (exact) mass is 283 g/mol. The average molecular weight is 284 g/mol. The van der Waals surface area contributed by atoms with Crippen LogP contribution in [-0.2, 0) is 6.42 Å². The lowest BCUT2D eigenvalue weighted by Crippen LogP contribution is -2.21. The van der Waals surface area contributed by atoms with Crippen molar-refractivity contribution in [3.05, 3.63) is 59.1 Å². The molecule has 0 saturated heterocycles.